The van der Waals surface area contributed by atoms with Crippen LogP contribution in [-0.2, 0) is 9.57 Å². The highest BCUT2D eigenvalue weighted by atomic mass is 19.3. The van der Waals surface area contributed by atoms with Gasteiger partial charge in [-0.2, -0.15) is 0 Å². The number of methoxy groups -OCH3 is 1. The first-order valence-electron chi connectivity index (χ1n) is 6.95. The van der Waals surface area contributed by atoms with Gasteiger partial charge in [-0.3, -0.25) is 0 Å². The van der Waals surface area contributed by atoms with E-state index in [0.717, 1.165) is 24.1 Å². The Morgan fingerprint density at radius 3 is 2.48 bits per heavy atom. The molecule has 0 fully saturated rings. The van der Waals surface area contributed by atoms with Crippen LogP contribution in [0.3, 0.4) is 0 Å². The molecule has 0 saturated carbocycles. The Morgan fingerprint density at radius 1 is 1.19 bits per heavy atom. The van der Waals surface area contributed by atoms with Crippen molar-refractivity contribution in [3.05, 3.63) is 35.4 Å². The second kappa shape index (κ2) is 10.2. The highest BCUT2D eigenvalue weighted by Gasteiger charge is 2.09. The van der Waals surface area contributed by atoms with Crippen molar-refractivity contribution in [3.8, 4) is 0 Å². The molecule has 4 nitrogen and oxygen atoms in total. The smallest absolute Gasteiger partial charge is 0.263 e. The van der Waals surface area contributed by atoms with Crippen LogP contribution in [0, 0.1) is 0 Å². The lowest BCUT2D eigenvalue weighted by atomic mass is 10.0. The molecule has 0 aliphatic carbocycles. The molecule has 0 saturated heterocycles. The van der Waals surface area contributed by atoms with Crippen LogP contribution in [0.15, 0.2) is 29.4 Å². The average molecular weight is 300 g/mol. The summed E-state index contributed by atoms with van der Waals surface area (Å²) in [6, 6.07) is 6.10. The van der Waals surface area contributed by atoms with E-state index in [1.165, 1.54) is 12.1 Å². The largest absolute Gasteiger partial charge is 0.394 e. The summed E-state index contributed by atoms with van der Waals surface area (Å²) in [5.74, 6) is 0. The number of oxime groups is 1. The molecule has 0 radical (unpaired) electrons. The minimum Gasteiger partial charge on any atom is -0.394 e. The summed E-state index contributed by atoms with van der Waals surface area (Å²) >= 11 is 0. The maximum atomic E-state index is 12.6. The summed E-state index contributed by atoms with van der Waals surface area (Å²) in [6.07, 6.45) is 0.0216. The van der Waals surface area contributed by atoms with Gasteiger partial charge in [0.05, 0.1) is 5.71 Å². The molecule has 1 aromatic rings. The first kappa shape index (κ1) is 17.5. The van der Waals surface area contributed by atoms with Crippen LogP contribution in [0.25, 0.3) is 0 Å². The topological polar surface area (TPSA) is 56.8 Å². The molecule has 0 aliphatic heterocycles. The molecular weight excluding hydrogens is 278 g/mol. The first-order valence-corrected chi connectivity index (χ1v) is 6.95. The maximum Gasteiger partial charge on any atom is 0.263 e. The monoisotopic (exact) mass is 300 g/mol. The lowest BCUT2D eigenvalue weighted by Gasteiger charge is -2.08. The van der Waals surface area contributed by atoms with E-state index in [9.17, 15) is 8.78 Å². The summed E-state index contributed by atoms with van der Waals surface area (Å²) in [5, 5.41) is 4.06. The number of unbranched alkanes of at least 4 members (excludes halogenated alkanes) is 1. The number of ether oxygens (including phenoxy) is 1. The SMILES string of the molecule is COCCCCC(=NOCCN)c1ccc(C(F)F)cc1. The van der Waals surface area contributed by atoms with Crippen LogP contribution >= 0.6 is 0 Å². The number of benzene rings is 1. The van der Waals surface area contributed by atoms with Gasteiger partial charge in [0, 0.05) is 25.8 Å². The van der Waals surface area contributed by atoms with Gasteiger partial charge in [0.2, 0.25) is 0 Å². The van der Waals surface area contributed by atoms with Gasteiger partial charge >= 0.3 is 0 Å². The zero-order valence-electron chi connectivity index (χ0n) is 12.2. The third-order valence-corrected chi connectivity index (χ3v) is 2.89. The van der Waals surface area contributed by atoms with E-state index in [1.54, 1.807) is 19.2 Å². The number of alkyl halides is 2. The van der Waals surface area contributed by atoms with Crippen molar-refractivity contribution in [2.75, 3.05) is 26.9 Å². The van der Waals surface area contributed by atoms with Crippen LogP contribution in [0.5, 0.6) is 0 Å². The number of nitrogens with zero attached hydrogens (tertiary/aromatic N) is 1. The van der Waals surface area contributed by atoms with Gasteiger partial charge in [0.15, 0.2) is 0 Å². The highest BCUT2D eigenvalue weighted by molar-refractivity contribution is 6.00. The molecule has 0 unspecified atom stereocenters. The predicted octanol–water partition coefficient (Wildman–Crippen LogP) is 3.12. The van der Waals surface area contributed by atoms with Crippen LogP contribution < -0.4 is 5.73 Å². The van der Waals surface area contributed by atoms with Crippen LogP contribution in [-0.4, -0.2) is 32.6 Å². The zero-order chi connectivity index (χ0) is 15.5. The van der Waals surface area contributed by atoms with Crippen molar-refractivity contribution in [3.63, 3.8) is 0 Å². The number of hydrogen-bond donors (Lipinski definition) is 1. The number of halogens is 2. The summed E-state index contributed by atoms with van der Waals surface area (Å²) < 4.78 is 30.1. The molecular formula is C15H22F2N2O2. The Hall–Kier alpha value is -1.53. The van der Waals surface area contributed by atoms with Crippen molar-refractivity contribution in [2.24, 2.45) is 10.9 Å². The normalized spacial score (nSPS) is 12.0. The molecule has 0 heterocycles. The van der Waals surface area contributed by atoms with Gasteiger partial charge in [-0.05, 0) is 24.8 Å². The van der Waals surface area contributed by atoms with E-state index >= 15 is 0 Å². The maximum absolute atomic E-state index is 12.6. The summed E-state index contributed by atoms with van der Waals surface area (Å²) in [5.41, 5.74) is 6.87. The molecule has 21 heavy (non-hydrogen) atoms. The summed E-state index contributed by atoms with van der Waals surface area (Å²) in [4.78, 5) is 5.12. The molecule has 0 atom stereocenters. The molecule has 118 valence electrons. The van der Waals surface area contributed by atoms with Crippen molar-refractivity contribution in [2.45, 2.75) is 25.7 Å². The van der Waals surface area contributed by atoms with Gasteiger partial charge in [-0.15, -0.1) is 0 Å². The van der Waals surface area contributed by atoms with E-state index in [1.807, 2.05) is 0 Å². The lowest BCUT2D eigenvalue weighted by Crippen LogP contribution is -2.08. The van der Waals surface area contributed by atoms with Gasteiger partial charge in [0.25, 0.3) is 6.43 Å². The quantitative estimate of drug-likeness (QED) is 0.410. The lowest BCUT2D eigenvalue weighted by molar-refractivity contribution is 0.151. The molecule has 0 aliphatic rings. The minimum absolute atomic E-state index is 0.000333. The van der Waals surface area contributed by atoms with Gasteiger partial charge in [-0.1, -0.05) is 29.4 Å². The van der Waals surface area contributed by atoms with Crippen molar-refractivity contribution >= 4 is 5.71 Å². The van der Waals surface area contributed by atoms with E-state index in [-0.39, 0.29) is 5.56 Å². The Kier molecular flexibility index (Phi) is 8.54. The highest BCUT2D eigenvalue weighted by Crippen LogP contribution is 2.19. The molecule has 0 spiro atoms. The zero-order valence-corrected chi connectivity index (χ0v) is 12.2. The first-order chi connectivity index (χ1) is 10.2. The van der Waals surface area contributed by atoms with Crippen molar-refractivity contribution in [1.82, 2.24) is 0 Å². The minimum atomic E-state index is -2.46. The fraction of sp³-hybridized carbons (Fsp3) is 0.533. The summed E-state index contributed by atoms with van der Waals surface area (Å²) in [6.45, 7) is 1.39. The van der Waals surface area contributed by atoms with Crippen LogP contribution in [0.4, 0.5) is 8.78 Å². The Bertz CT molecular complexity index is 422. The third kappa shape index (κ3) is 6.64. The van der Waals surface area contributed by atoms with Crippen LogP contribution in [0.2, 0.25) is 0 Å². The Balaban J connectivity index is 2.71. The molecule has 2 N–H and O–H groups in total. The van der Waals surface area contributed by atoms with Crippen molar-refractivity contribution < 1.29 is 18.4 Å². The van der Waals surface area contributed by atoms with E-state index in [2.05, 4.69) is 5.16 Å². The van der Waals surface area contributed by atoms with Crippen LogP contribution in [0.1, 0.15) is 36.8 Å². The summed E-state index contributed by atoms with van der Waals surface area (Å²) in [7, 11) is 1.66. The third-order valence-electron chi connectivity index (χ3n) is 2.89. The average Bonchev–Trinajstić information content (AvgIpc) is 2.50. The Morgan fingerprint density at radius 2 is 1.90 bits per heavy atom. The number of hydrogen-bond acceptors (Lipinski definition) is 4. The molecule has 1 rings (SSSR count). The number of rotatable bonds is 10. The molecule has 0 bridgehead atoms. The van der Waals surface area contributed by atoms with E-state index < -0.39 is 6.43 Å². The van der Waals surface area contributed by atoms with Gasteiger partial charge in [0.1, 0.15) is 6.61 Å². The second-order valence-corrected chi connectivity index (χ2v) is 4.53. The number of nitrogens with two attached hydrogens (primary N) is 1. The molecule has 0 aromatic heterocycles. The molecule has 0 amide bonds. The molecule has 1 aromatic carbocycles. The second-order valence-electron chi connectivity index (χ2n) is 4.53. The van der Waals surface area contributed by atoms with Gasteiger partial charge < -0.3 is 15.3 Å². The standard InChI is InChI=1S/C15H22F2N2O2/c1-20-10-3-2-4-14(19-21-11-9-18)12-5-7-13(8-6-12)15(16)17/h5-8,15H,2-4,9-11,18H2,1H3. The predicted molar refractivity (Wildman–Crippen MR) is 78.7 cm³/mol. The Labute approximate surface area is 123 Å². The molecule has 6 heteroatoms. The fourth-order valence-corrected chi connectivity index (χ4v) is 1.78. The van der Waals surface area contributed by atoms with Crippen molar-refractivity contribution in [1.29, 1.82) is 0 Å². The van der Waals surface area contributed by atoms with Gasteiger partial charge in [-0.25, -0.2) is 8.78 Å². The van der Waals surface area contributed by atoms with E-state index in [0.29, 0.717) is 26.2 Å². The fourth-order valence-electron chi connectivity index (χ4n) is 1.78. The van der Waals surface area contributed by atoms with E-state index in [4.69, 9.17) is 15.3 Å².